The zero-order valence-electron chi connectivity index (χ0n) is 12.2. The number of carbonyl (C=O) groups excluding carboxylic acids is 1. The van der Waals surface area contributed by atoms with Gasteiger partial charge in [0.15, 0.2) is 0 Å². The highest BCUT2D eigenvalue weighted by Crippen LogP contribution is 2.12. The van der Waals surface area contributed by atoms with Crippen LogP contribution < -0.4 is 5.32 Å². The number of halogens is 1. The molecule has 0 heterocycles. The topological polar surface area (TPSA) is 66.4 Å². The molecule has 0 aromatic heterocycles. The van der Waals surface area contributed by atoms with Gasteiger partial charge >= 0.3 is 5.97 Å². The van der Waals surface area contributed by atoms with Gasteiger partial charge in [0.25, 0.3) is 5.91 Å². The molecule has 114 valence electrons. The Kier molecular flexibility index (Phi) is 6.59. The third-order valence-electron chi connectivity index (χ3n) is 2.91. The Balaban J connectivity index is 2.62. The molecule has 0 fully saturated rings. The normalized spacial score (nSPS) is 11.0. The molecule has 1 aromatic carbocycles. The number of aliphatic carboxylic acids is 1. The van der Waals surface area contributed by atoms with Gasteiger partial charge in [0.05, 0.1) is 0 Å². The van der Waals surface area contributed by atoms with E-state index in [9.17, 15) is 14.0 Å². The summed E-state index contributed by atoms with van der Waals surface area (Å²) in [5.74, 6) is -1.52. The molecule has 0 aliphatic heterocycles. The van der Waals surface area contributed by atoms with Crippen molar-refractivity contribution in [2.75, 3.05) is 6.54 Å². The second-order valence-corrected chi connectivity index (χ2v) is 5.20. The van der Waals surface area contributed by atoms with E-state index in [1.54, 1.807) is 0 Å². The first kappa shape index (κ1) is 16.9. The first-order valence-corrected chi connectivity index (χ1v) is 6.89. The van der Waals surface area contributed by atoms with Crippen molar-refractivity contribution < 1.29 is 19.1 Å². The first-order valence-electron chi connectivity index (χ1n) is 6.89. The number of carboxylic acids is 1. The van der Waals surface area contributed by atoms with Crippen LogP contribution in [0.3, 0.4) is 0 Å². The minimum Gasteiger partial charge on any atom is -0.478 e. The maximum atomic E-state index is 13.7. The number of benzene rings is 1. The van der Waals surface area contributed by atoms with Gasteiger partial charge in [-0.25, -0.2) is 9.18 Å². The highest BCUT2D eigenvalue weighted by atomic mass is 19.1. The molecule has 0 aliphatic rings. The summed E-state index contributed by atoms with van der Waals surface area (Å²) in [7, 11) is 0. The van der Waals surface area contributed by atoms with Crippen LogP contribution in [0.4, 0.5) is 4.39 Å². The lowest BCUT2D eigenvalue weighted by Gasteiger charge is -2.07. The summed E-state index contributed by atoms with van der Waals surface area (Å²) in [4.78, 5) is 22.2. The SMILES string of the molecule is CC(C)CCCNC(=O)c1ccc(C=CC(=O)O)c(F)c1. The van der Waals surface area contributed by atoms with Crippen molar-refractivity contribution in [1.29, 1.82) is 0 Å². The number of nitrogens with one attached hydrogen (secondary N) is 1. The van der Waals surface area contributed by atoms with Crippen molar-refractivity contribution in [3.63, 3.8) is 0 Å². The summed E-state index contributed by atoms with van der Waals surface area (Å²) in [5.41, 5.74) is 0.360. The molecule has 5 heteroatoms. The second kappa shape index (κ2) is 8.19. The average molecular weight is 293 g/mol. The standard InChI is InChI=1S/C16H20FNO3/c1-11(2)4-3-9-18-16(21)13-6-5-12(14(17)10-13)7-8-15(19)20/h5-8,10-11H,3-4,9H2,1-2H3,(H,18,21)(H,19,20). The molecule has 0 radical (unpaired) electrons. The number of carbonyl (C=O) groups is 2. The van der Waals surface area contributed by atoms with Gasteiger partial charge in [0.2, 0.25) is 0 Å². The fraction of sp³-hybridized carbons (Fsp3) is 0.375. The Morgan fingerprint density at radius 1 is 1.38 bits per heavy atom. The van der Waals surface area contributed by atoms with Crippen molar-refractivity contribution in [1.82, 2.24) is 5.32 Å². The van der Waals surface area contributed by atoms with Crippen molar-refractivity contribution in [2.24, 2.45) is 5.92 Å². The second-order valence-electron chi connectivity index (χ2n) is 5.20. The van der Waals surface area contributed by atoms with E-state index in [-0.39, 0.29) is 17.0 Å². The molecule has 0 saturated carbocycles. The molecule has 0 bridgehead atoms. The lowest BCUT2D eigenvalue weighted by Crippen LogP contribution is -2.24. The highest BCUT2D eigenvalue weighted by Gasteiger charge is 2.08. The Bertz CT molecular complexity index is 538. The van der Waals surface area contributed by atoms with Crippen LogP contribution in [-0.4, -0.2) is 23.5 Å². The summed E-state index contributed by atoms with van der Waals surface area (Å²) in [5, 5.41) is 11.2. The van der Waals surface area contributed by atoms with Crippen LogP contribution in [0.2, 0.25) is 0 Å². The first-order chi connectivity index (χ1) is 9.90. The quantitative estimate of drug-likeness (QED) is 0.599. The van der Waals surface area contributed by atoms with Crippen LogP contribution in [0.25, 0.3) is 6.08 Å². The van der Waals surface area contributed by atoms with E-state index in [0.717, 1.165) is 31.1 Å². The van der Waals surface area contributed by atoms with Gasteiger partial charge in [0.1, 0.15) is 5.82 Å². The number of rotatable bonds is 7. The predicted molar refractivity (Wildman–Crippen MR) is 79.5 cm³/mol. The number of hydrogen-bond donors (Lipinski definition) is 2. The third kappa shape index (κ3) is 6.21. The molecule has 0 saturated heterocycles. The molecule has 4 nitrogen and oxygen atoms in total. The van der Waals surface area contributed by atoms with Gasteiger partial charge in [0, 0.05) is 23.7 Å². The molecule has 0 aliphatic carbocycles. The van der Waals surface area contributed by atoms with E-state index in [4.69, 9.17) is 5.11 Å². The molecule has 1 rings (SSSR count). The third-order valence-corrected chi connectivity index (χ3v) is 2.91. The van der Waals surface area contributed by atoms with Crippen LogP contribution in [0.1, 0.15) is 42.6 Å². The highest BCUT2D eigenvalue weighted by molar-refractivity contribution is 5.94. The van der Waals surface area contributed by atoms with Crippen molar-refractivity contribution >= 4 is 18.0 Å². The molecule has 0 atom stereocenters. The largest absolute Gasteiger partial charge is 0.478 e. The fourth-order valence-electron chi connectivity index (χ4n) is 1.78. The van der Waals surface area contributed by atoms with E-state index in [2.05, 4.69) is 19.2 Å². The van der Waals surface area contributed by atoms with Crippen LogP contribution in [-0.2, 0) is 4.79 Å². The maximum absolute atomic E-state index is 13.7. The molecular formula is C16H20FNO3. The van der Waals surface area contributed by atoms with E-state index in [0.29, 0.717) is 12.5 Å². The minimum atomic E-state index is -1.15. The summed E-state index contributed by atoms with van der Waals surface area (Å²) < 4.78 is 13.7. The van der Waals surface area contributed by atoms with E-state index >= 15 is 0 Å². The zero-order valence-corrected chi connectivity index (χ0v) is 12.2. The number of carboxylic acid groups (broad SMARTS) is 1. The van der Waals surface area contributed by atoms with Crippen LogP contribution in [0, 0.1) is 11.7 Å². The maximum Gasteiger partial charge on any atom is 0.328 e. The number of hydrogen-bond acceptors (Lipinski definition) is 2. The van der Waals surface area contributed by atoms with Crippen LogP contribution in [0.5, 0.6) is 0 Å². The van der Waals surface area contributed by atoms with Gasteiger partial charge in [-0.2, -0.15) is 0 Å². The van der Waals surface area contributed by atoms with E-state index in [1.165, 1.54) is 12.1 Å². The van der Waals surface area contributed by atoms with Crippen molar-refractivity contribution in [2.45, 2.75) is 26.7 Å². The van der Waals surface area contributed by atoms with Gasteiger partial charge in [-0.1, -0.05) is 19.9 Å². The van der Waals surface area contributed by atoms with Gasteiger partial charge in [-0.05, 0) is 37.0 Å². The van der Waals surface area contributed by atoms with Crippen LogP contribution >= 0.6 is 0 Å². The molecule has 0 unspecified atom stereocenters. The molecule has 1 aromatic rings. The van der Waals surface area contributed by atoms with Gasteiger partial charge in [-0.3, -0.25) is 4.79 Å². The molecule has 0 spiro atoms. The molecule has 21 heavy (non-hydrogen) atoms. The lowest BCUT2D eigenvalue weighted by molar-refractivity contribution is -0.131. The van der Waals surface area contributed by atoms with E-state index < -0.39 is 11.8 Å². The van der Waals surface area contributed by atoms with Gasteiger partial charge < -0.3 is 10.4 Å². The Morgan fingerprint density at radius 3 is 2.67 bits per heavy atom. The molecule has 1 amide bonds. The summed E-state index contributed by atoms with van der Waals surface area (Å²) in [6.45, 7) is 4.78. The fourth-order valence-corrected chi connectivity index (χ4v) is 1.78. The zero-order chi connectivity index (χ0) is 15.8. The monoisotopic (exact) mass is 293 g/mol. The Hall–Kier alpha value is -2.17. The Labute approximate surface area is 123 Å². The summed E-state index contributed by atoms with van der Waals surface area (Å²) >= 11 is 0. The van der Waals surface area contributed by atoms with Crippen molar-refractivity contribution in [3.05, 3.63) is 41.2 Å². The van der Waals surface area contributed by atoms with Gasteiger partial charge in [-0.15, -0.1) is 0 Å². The van der Waals surface area contributed by atoms with E-state index in [1.807, 2.05) is 0 Å². The molecule has 2 N–H and O–H groups in total. The lowest BCUT2D eigenvalue weighted by atomic mass is 10.1. The van der Waals surface area contributed by atoms with Crippen molar-refractivity contribution in [3.8, 4) is 0 Å². The summed E-state index contributed by atoms with van der Waals surface area (Å²) in [6, 6.07) is 3.97. The number of amides is 1. The average Bonchev–Trinajstić information content (AvgIpc) is 2.41. The summed E-state index contributed by atoms with van der Waals surface area (Å²) in [6.07, 6.45) is 3.91. The minimum absolute atomic E-state index is 0.133. The molecular weight excluding hydrogens is 273 g/mol. The predicted octanol–water partition coefficient (Wildman–Crippen LogP) is 3.09. The van der Waals surface area contributed by atoms with Crippen LogP contribution in [0.15, 0.2) is 24.3 Å². The smallest absolute Gasteiger partial charge is 0.328 e. The Morgan fingerprint density at radius 2 is 2.10 bits per heavy atom.